The number of aryl methyl sites for hydroxylation is 2. The Morgan fingerprint density at radius 1 is 1.33 bits per heavy atom. The number of hydrogen-bond acceptors (Lipinski definition) is 3. The second-order valence-corrected chi connectivity index (χ2v) is 4.42. The Bertz CT molecular complexity index is 519. The molecule has 0 aliphatic heterocycles. The van der Waals surface area contributed by atoms with Crippen LogP contribution in [0.15, 0.2) is 18.2 Å². The highest BCUT2D eigenvalue weighted by Gasteiger charge is 2.09. The van der Waals surface area contributed by atoms with Crippen molar-refractivity contribution >= 4 is 11.0 Å². The first kappa shape index (κ1) is 13.1. The van der Waals surface area contributed by atoms with E-state index in [0.29, 0.717) is 19.8 Å². The Hall–Kier alpha value is -1.39. The van der Waals surface area contributed by atoms with Gasteiger partial charge in [-0.15, -0.1) is 0 Å². The SMILES string of the molecule is CCn1c(CCOCCN)nc2cc(C)ccc21. The molecule has 2 N–H and O–H groups in total. The molecule has 0 aliphatic rings. The quantitative estimate of drug-likeness (QED) is 0.793. The van der Waals surface area contributed by atoms with E-state index in [1.165, 1.54) is 11.1 Å². The maximum Gasteiger partial charge on any atom is 0.112 e. The average Bonchev–Trinajstić information content (AvgIpc) is 2.71. The molecular formula is C14H21N3O. The monoisotopic (exact) mass is 247 g/mol. The Labute approximate surface area is 108 Å². The second kappa shape index (κ2) is 5.98. The molecule has 2 rings (SSSR count). The largest absolute Gasteiger partial charge is 0.380 e. The van der Waals surface area contributed by atoms with Gasteiger partial charge in [-0.25, -0.2) is 4.98 Å². The zero-order chi connectivity index (χ0) is 13.0. The first-order valence-corrected chi connectivity index (χ1v) is 6.49. The summed E-state index contributed by atoms with van der Waals surface area (Å²) in [6.07, 6.45) is 0.835. The third-order valence-electron chi connectivity index (χ3n) is 3.03. The predicted molar refractivity (Wildman–Crippen MR) is 73.7 cm³/mol. The lowest BCUT2D eigenvalue weighted by Crippen LogP contribution is -2.12. The molecule has 2 aromatic rings. The molecule has 1 aromatic heterocycles. The van der Waals surface area contributed by atoms with Crippen LogP contribution in [0.3, 0.4) is 0 Å². The summed E-state index contributed by atoms with van der Waals surface area (Å²) in [5.41, 5.74) is 8.92. The van der Waals surface area contributed by atoms with Crippen LogP contribution in [0.5, 0.6) is 0 Å². The number of rotatable bonds is 6. The van der Waals surface area contributed by atoms with Crippen LogP contribution in [0.2, 0.25) is 0 Å². The molecule has 0 aliphatic carbocycles. The molecule has 0 bridgehead atoms. The van der Waals surface area contributed by atoms with Gasteiger partial charge in [0.25, 0.3) is 0 Å². The van der Waals surface area contributed by atoms with Gasteiger partial charge in [-0.3, -0.25) is 0 Å². The van der Waals surface area contributed by atoms with Gasteiger partial charge in [0, 0.05) is 19.5 Å². The first-order chi connectivity index (χ1) is 8.76. The lowest BCUT2D eigenvalue weighted by Gasteiger charge is -2.06. The van der Waals surface area contributed by atoms with E-state index in [2.05, 4.69) is 36.6 Å². The van der Waals surface area contributed by atoms with Crippen molar-refractivity contribution in [1.82, 2.24) is 9.55 Å². The van der Waals surface area contributed by atoms with Crippen molar-refractivity contribution in [3.63, 3.8) is 0 Å². The van der Waals surface area contributed by atoms with E-state index < -0.39 is 0 Å². The Morgan fingerprint density at radius 3 is 2.89 bits per heavy atom. The lowest BCUT2D eigenvalue weighted by atomic mass is 10.2. The van der Waals surface area contributed by atoms with Crippen LogP contribution in [-0.2, 0) is 17.7 Å². The van der Waals surface area contributed by atoms with E-state index in [-0.39, 0.29) is 0 Å². The van der Waals surface area contributed by atoms with Crippen molar-refractivity contribution in [2.24, 2.45) is 5.73 Å². The molecule has 0 spiro atoms. The van der Waals surface area contributed by atoms with E-state index >= 15 is 0 Å². The van der Waals surface area contributed by atoms with E-state index in [4.69, 9.17) is 15.5 Å². The van der Waals surface area contributed by atoms with Crippen molar-refractivity contribution in [3.05, 3.63) is 29.6 Å². The molecule has 0 fully saturated rings. The van der Waals surface area contributed by atoms with Crippen LogP contribution >= 0.6 is 0 Å². The summed E-state index contributed by atoms with van der Waals surface area (Å²) in [5, 5.41) is 0. The van der Waals surface area contributed by atoms with Crippen LogP contribution < -0.4 is 5.73 Å². The Balaban J connectivity index is 2.21. The zero-order valence-electron chi connectivity index (χ0n) is 11.1. The van der Waals surface area contributed by atoms with Crippen molar-refractivity contribution in [1.29, 1.82) is 0 Å². The molecule has 1 aromatic carbocycles. The van der Waals surface area contributed by atoms with Crippen LogP contribution in [0.1, 0.15) is 18.3 Å². The molecule has 0 atom stereocenters. The average molecular weight is 247 g/mol. The summed E-state index contributed by atoms with van der Waals surface area (Å²) < 4.78 is 7.68. The molecule has 0 amide bonds. The van der Waals surface area contributed by atoms with E-state index in [0.717, 1.165) is 24.3 Å². The number of aromatic nitrogens is 2. The van der Waals surface area contributed by atoms with Crippen molar-refractivity contribution in [3.8, 4) is 0 Å². The Morgan fingerprint density at radius 2 is 2.17 bits per heavy atom. The van der Waals surface area contributed by atoms with Crippen LogP contribution in [0.4, 0.5) is 0 Å². The number of fused-ring (bicyclic) bond motifs is 1. The van der Waals surface area contributed by atoms with Crippen LogP contribution in [-0.4, -0.2) is 29.3 Å². The van der Waals surface area contributed by atoms with Gasteiger partial charge in [0.05, 0.1) is 24.2 Å². The minimum Gasteiger partial charge on any atom is -0.380 e. The van der Waals surface area contributed by atoms with Gasteiger partial charge in [-0.2, -0.15) is 0 Å². The normalized spacial score (nSPS) is 11.3. The Kier molecular flexibility index (Phi) is 4.33. The summed E-state index contributed by atoms with van der Waals surface area (Å²) in [6.45, 7) is 7.04. The molecule has 0 saturated heterocycles. The fourth-order valence-corrected chi connectivity index (χ4v) is 2.18. The third-order valence-corrected chi connectivity index (χ3v) is 3.03. The minimum absolute atomic E-state index is 0.573. The van der Waals surface area contributed by atoms with Crippen LogP contribution in [0, 0.1) is 6.92 Å². The number of imidazole rings is 1. The molecule has 1 heterocycles. The molecule has 0 unspecified atom stereocenters. The fourth-order valence-electron chi connectivity index (χ4n) is 2.18. The molecule has 4 nitrogen and oxygen atoms in total. The highest BCUT2D eigenvalue weighted by atomic mass is 16.5. The highest BCUT2D eigenvalue weighted by Crippen LogP contribution is 2.18. The summed E-state index contributed by atoms with van der Waals surface area (Å²) in [4.78, 5) is 4.69. The molecule has 18 heavy (non-hydrogen) atoms. The molecular weight excluding hydrogens is 226 g/mol. The maximum atomic E-state index is 5.43. The first-order valence-electron chi connectivity index (χ1n) is 6.49. The number of benzene rings is 1. The minimum atomic E-state index is 0.573. The highest BCUT2D eigenvalue weighted by molar-refractivity contribution is 5.76. The standard InChI is InChI=1S/C14H21N3O/c1-3-17-13-5-4-11(2)10-12(13)16-14(17)6-8-18-9-7-15/h4-5,10H,3,6-9,15H2,1-2H3. The fraction of sp³-hybridized carbons (Fsp3) is 0.500. The van der Waals surface area contributed by atoms with Gasteiger partial charge in [0.2, 0.25) is 0 Å². The van der Waals surface area contributed by atoms with E-state index in [1.807, 2.05) is 0 Å². The van der Waals surface area contributed by atoms with Crippen LogP contribution in [0.25, 0.3) is 11.0 Å². The molecule has 4 heteroatoms. The summed E-state index contributed by atoms with van der Waals surface area (Å²) in [6, 6.07) is 6.40. The van der Waals surface area contributed by atoms with Gasteiger partial charge >= 0.3 is 0 Å². The molecule has 98 valence electrons. The third kappa shape index (κ3) is 2.71. The van der Waals surface area contributed by atoms with Gasteiger partial charge in [-0.1, -0.05) is 6.07 Å². The van der Waals surface area contributed by atoms with Crippen molar-refractivity contribution < 1.29 is 4.74 Å². The maximum absolute atomic E-state index is 5.43. The van der Waals surface area contributed by atoms with Gasteiger partial charge in [0.15, 0.2) is 0 Å². The predicted octanol–water partition coefficient (Wildman–Crippen LogP) is 1.88. The summed E-state index contributed by atoms with van der Waals surface area (Å²) >= 11 is 0. The smallest absolute Gasteiger partial charge is 0.112 e. The molecule has 0 saturated carbocycles. The topological polar surface area (TPSA) is 53.1 Å². The van der Waals surface area contributed by atoms with Gasteiger partial charge < -0.3 is 15.0 Å². The zero-order valence-corrected chi connectivity index (χ0v) is 11.1. The molecule has 0 radical (unpaired) electrons. The number of hydrogen-bond donors (Lipinski definition) is 1. The second-order valence-electron chi connectivity index (χ2n) is 4.42. The van der Waals surface area contributed by atoms with Gasteiger partial charge in [-0.05, 0) is 31.5 Å². The van der Waals surface area contributed by atoms with E-state index in [9.17, 15) is 0 Å². The summed E-state index contributed by atoms with van der Waals surface area (Å²) in [7, 11) is 0. The number of nitrogens with zero attached hydrogens (tertiary/aromatic N) is 2. The van der Waals surface area contributed by atoms with Crippen molar-refractivity contribution in [2.45, 2.75) is 26.8 Å². The number of ether oxygens (including phenoxy) is 1. The number of nitrogens with two attached hydrogens (primary N) is 1. The summed E-state index contributed by atoms with van der Waals surface area (Å²) in [5.74, 6) is 1.09. The lowest BCUT2D eigenvalue weighted by molar-refractivity contribution is 0.143. The van der Waals surface area contributed by atoms with Gasteiger partial charge in [0.1, 0.15) is 5.82 Å². The van der Waals surface area contributed by atoms with E-state index in [1.54, 1.807) is 0 Å². The van der Waals surface area contributed by atoms with Crippen molar-refractivity contribution in [2.75, 3.05) is 19.8 Å².